The minimum atomic E-state index is 0.205. The summed E-state index contributed by atoms with van der Waals surface area (Å²) >= 11 is 1.73. The number of hydrogen-bond donors (Lipinski definition) is 1. The van der Waals surface area contributed by atoms with E-state index in [0.29, 0.717) is 0 Å². The van der Waals surface area contributed by atoms with Crippen LogP contribution in [0, 0.1) is 12.8 Å². The maximum atomic E-state index is 12.0. The molecule has 0 fully saturated rings. The van der Waals surface area contributed by atoms with E-state index in [0.717, 1.165) is 57.2 Å². The van der Waals surface area contributed by atoms with Crippen LogP contribution in [0.15, 0.2) is 5.38 Å². The van der Waals surface area contributed by atoms with Crippen molar-refractivity contribution in [3.05, 3.63) is 16.1 Å². The molecule has 0 radical (unpaired) electrons. The number of carbonyl (C=O) groups is 1. The zero-order valence-electron chi connectivity index (χ0n) is 13.1. The molecule has 1 aromatic rings. The predicted octanol–water partition coefficient (Wildman–Crippen LogP) is 4.11. The van der Waals surface area contributed by atoms with Crippen molar-refractivity contribution in [1.82, 2.24) is 10.3 Å². The lowest BCUT2D eigenvalue weighted by atomic mass is 9.98. The van der Waals surface area contributed by atoms with Crippen molar-refractivity contribution in [1.29, 1.82) is 0 Å². The van der Waals surface area contributed by atoms with Crippen LogP contribution in [0.3, 0.4) is 0 Å². The van der Waals surface area contributed by atoms with Gasteiger partial charge in [-0.3, -0.25) is 4.79 Å². The third kappa shape index (κ3) is 6.51. The Hall–Kier alpha value is -0.900. The number of aromatic nitrogens is 1. The van der Waals surface area contributed by atoms with Crippen LogP contribution >= 0.6 is 11.3 Å². The van der Waals surface area contributed by atoms with Crippen molar-refractivity contribution >= 4 is 17.2 Å². The number of thiazole rings is 1. The van der Waals surface area contributed by atoms with Gasteiger partial charge >= 0.3 is 0 Å². The maximum Gasteiger partial charge on any atom is 0.223 e. The van der Waals surface area contributed by atoms with Crippen LogP contribution in [0.25, 0.3) is 0 Å². The van der Waals surface area contributed by atoms with E-state index in [2.05, 4.69) is 29.5 Å². The smallest absolute Gasteiger partial charge is 0.223 e. The van der Waals surface area contributed by atoms with Crippen molar-refractivity contribution in [3.8, 4) is 0 Å². The third-order valence-corrected chi connectivity index (χ3v) is 4.58. The minimum absolute atomic E-state index is 0.205. The van der Waals surface area contributed by atoms with Crippen molar-refractivity contribution in [3.63, 3.8) is 0 Å². The highest BCUT2D eigenvalue weighted by Gasteiger charge is 2.14. The molecule has 0 aliphatic carbocycles. The van der Waals surface area contributed by atoms with Gasteiger partial charge in [-0.15, -0.1) is 11.3 Å². The topological polar surface area (TPSA) is 42.0 Å². The van der Waals surface area contributed by atoms with E-state index in [9.17, 15) is 4.79 Å². The van der Waals surface area contributed by atoms with E-state index >= 15 is 0 Å². The van der Waals surface area contributed by atoms with Crippen LogP contribution in [0.1, 0.15) is 63.1 Å². The normalized spacial score (nSPS) is 12.3. The fourth-order valence-electron chi connectivity index (χ4n) is 2.25. The van der Waals surface area contributed by atoms with E-state index in [-0.39, 0.29) is 11.8 Å². The van der Waals surface area contributed by atoms with E-state index in [1.165, 1.54) is 5.01 Å². The van der Waals surface area contributed by atoms with Crippen molar-refractivity contribution < 1.29 is 4.79 Å². The van der Waals surface area contributed by atoms with Gasteiger partial charge in [0.2, 0.25) is 5.91 Å². The second-order valence-corrected chi connectivity index (χ2v) is 6.32. The Kier molecular flexibility index (Phi) is 8.51. The summed E-state index contributed by atoms with van der Waals surface area (Å²) in [7, 11) is 0. The van der Waals surface area contributed by atoms with Crippen molar-refractivity contribution in [2.75, 3.05) is 6.54 Å². The number of aryl methyl sites for hydroxylation is 2. The average molecular weight is 296 g/mol. The van der Waals surface area contributed by atoms with Gasteiger partial charge in [-0.1, -0.05) is 26.7 Å². The molecule has 114 valence electrons. The second-order valence-electron chi connectivity index (χ2n) is 5.38. The highest BCUT2D eigenvalue weighted by Crippen LogP contribution is 2.13. The minimum Gasteiger partial charge on any atom is -0.356 e. The zero-order valence-corrected chi connectivity index (χ0v) is 13.9. The summed E-state index contributed by atoms with van der Waals surface area (Å²) in [6.45, 7) is 7.10. The van der Waals surface area contributed by atoms with Crippen LogP contribution in [0.2, 0.25) is 0 Å². The molecule has 1 rings (SSSR count). The molecule has 0 saturated heterocycles. The summed E-state index contributed by atoms with van der Waals surface area (Å²) in [5.74, 6) is 0.447. The van der Waals surface area contributed by atoms with Gasteiger partial charge in [-0.05, 0) is 39.0 Å². The number of nitrogens with one attached hydrogen (secondary N) is 1. The van der Waals surface area contributed by atoms with Crippen LogP contribution < -0.4 is 5.32 Å². The van der Waals surface area contributed by atoms with Gasteiger partial charge in [0, 0.05) is 23.5 Å². The molecule has 0 aromatic carbocycles. The van der Waals surface area contributed by atoms with E-state index in [4.69, 9.17) is 0 Å². The summed E-state index contributed by atoms with van der Waals surface area (Å²) < 4.78 is 0. The number of rotatable bonds is 10. The molecule has 0 bridgehead atoms. The van der Waals surface area contributed by atoms with Gasteiger partial charge in [0.05, 0.1) is 5.01 Å². The number of hydrogen-bond acceptors (Lipinski definition) is 3. The Labute approximate surface area is 127 Å². The van der Waals surface area contributed by atoms with Gasteiger partial charge in [0.15, 0.2) is 0 Å². The predicted molar refractivity (Wildman–Crippen MR) is 86.1 cm³/mol. The molecule has 0 aliphatic heterocycles. The number of nitrogens with zero attached hydrogens (tertiary/aromatic N) is 1. The SMILES string of the molecule is CCCCC(CC)C(=O)NCCCCc1nc(C)cs1. The zero-order chi connectivity index (χ0) is 14.8. The summed E-state index contributed by atoms with van der Waals surface area (Å²) in [6.07, 6.45) is 7.45. The van der Waals surface area contributed by atoms with Crippen LogP contribution in [-0.4, -0.2) is 17.4 Å². The van der Waals surface area contributed by atoms with Gasteiger partial charge < -0.3 is 5.32 Å². The Morgan fingerprint density at radius 2 is 2.15 bits per heavy atom. The fourth-order valence-corrected chi connectivity index (χ4v) is 3.06. The number of carbonyl (C=O) groups excluding carboxylic acids is 1. The standard InChI is InChI=1S/C16H28N2OS/c1-4-6-9-14(5-2)16(19)17-11-8-7-10-15-18-13(3)12-20-15/h12,14H,4-11H2,1-3H3,(H,17,19). The molecule has 1 heterocycles. The summed E-state index contributed by atoms with van der Waals surface area (Å²) in [5.41, 5.74) is 1.11. The molecule has 1 aromatic heterocycles. The molecular weight excluding hydrogens is 268 g/mol. The Morgan fingerprint density at radius 3 is 2.75 bits per heavy atom. The lowest BCUT2D eigenvalue weighted by Gasteiger charge is -2.14. The van der Waals surface area contributed by atoms with Gasteiger partial charge in [-0.2, -0.15) is 0 Å². The first-order valence-corrected chi connectivity index (χ1v) is 8.74. The average Bonchev–Trinajstić information content (AvgIpc) is 2.85. The van der Waals surface area contributed by atoms with Crippen LogP contribution in [0.5, 0.6) is 0 Å². The Balaban J connectivity index is 2.11. The van der Waals surface area contributed by atoms with E-state index in [1.54, 1.807) is 11.3 Å². The van der Waals surface area contributed by atoms with E-state index < -0.39 is 0 Å². The fraction of sp³-hybridized carbons (Fsp3) is 0.750. The molecule has 3 nitrogen and oxygen atoms in total. The molecule has 1 N–H and O–H groups in total. The molecule has 1 unspecified atom stereocenters. The molecule has 1 atom stereocenters. The monoisotopic (exact) mass is 296 g/mol. The van der Waals surface area contributed by atoms with Crippen molar-refractivity contribution in [2.24, 2.45) is 5.92 Å². The highest BCUT2D eigenvalue weighted by atomic mass is 32.1. The first-order valence-electron chi connectivity index (χ1n) is 7.86. The van der Waals surface area contributed by atoms with Crippen LogP contribution in [-0.2, 0) is 11.2 Å². The van der Waals surface area contributed by atoms with Gasteiger partial charge in [-0.25, -0.2) is 4.98 Å². The quantitative estimate of drug-likeness (QED) is 0.660. The molecular formula is C16H28N2OS. The summed E-state index contributed by atoms with van der Waals surface area (Å²) in [4.78, 5) is 16.4. The highest BCUT2D eigenvalue weighted by molar-refractivity contribution is 7.09. The molecule has 4 heteroatoms. The molecule has 0 aliphatic rings. The largest absolute Gasteiger partial charge is 0.356 e. The number of amides is 1. The first-order chi connectivity index (χ1) is 9.67. The van der Waals surface area contributed by atoms with Gasteiger partial charge in [0.1, 0.15) is 0 Å². The molecule has 0 spiro atoms. The Bertz CT molecular complexity index is 390. The number of unbranched alkanes of at least 4 members (excludes halogenated alkanes) is 2. The van der Waals surface area contributed by atoms with Gasteiger partial charge in [0.25, 0.3) is 0 Å². The second kappa shape index (κ2) is 9.92. The van der Waals surface area contributed by atoms with E-state index in [1.807, 2.05) is 6.92 Å². The maximum absolute atomic E-state index is 12.0. The lowest BCUT2D eigenvalue weighted by Crippen LogP contribution is -2.31. The first kappa shape index (κ1) is 17.2. The molecule has 1 amide bonds. The molecule has 0 saturated carbocycles. The summed E-state index contributed by atoms with van der Waals surface area (Å²) in [5, 5.41) is 6.38. The Morgan fingerprint density at radius 1 is 1.35 bits per heavy atom. The van der Waals surface area contributed by atoms with Crippen molar-refractivity contribution in [2.45, 2.75) is 65.7 Å². The third-order valence-electron chi connectivity index (χ3n) is 3.55. The van der Waals surface area contributed by atoms with Crippen LogP contribution in [0.4, 0.5) is 0 Å². The lowest BCUT2D eigenvalue weighted by molar-refractivity contribution is -0.125. The summed E-state index contributed by atoms with van der Waals surface area (Å²) in [6, 6.07) is 0. The molecule has 20 heavy (non-hydrogen) atoms.